The van der Waals surface area contributed by atoms with Crippen LogP contribution in [0.1, 0.15) is 41.4 Å². The Balaban J connectivity index is 0.00000306. The van der Waals surface area contributed by atoms with Crippen molar-refractivity contribution in [3.8, 4) is 0 Å². The highest BCUT2D eigenvalue weighted by atomic mass is 127. The largest absolute Gasteiger partial charge is 0.467 e. The van der Waals surface area contributed by atoms with Gasteiger partial charge in [-0.2, -0.15) is 0 Å². The molecule has 2 fully saturated rings. The van der Waals surface area contributed by atoms with E-state index < -0.39 is 0 Å². The van der Waals surface area contributed by atoms with Crippen molar-refractivity contribution in [1.29, 1.82) is 0 Å². The summed E-state index contributed by atoms with van der Waals surface area (Å²) in [5.74, 6) is 1.46. The van der Waals surface area contributed by atoms with Crippen LogP contribution in [0.15, 0.2) is 52.1 Å². The predicted octanol–water partition coefficient (Wildman–Crippen LogP) is 3.17. The van der Waals surface area contributed by atoms with Gasteiger partial charge in [0.1, 0.15) is 11.9 Å². The summed E-state index contributed by atoms with van der Waals surface area (Å²) in [4.78, 5) is 19.6. The Kier molecular flexibility index (Phi) is 10.0. The highest BCUT2D eigenvalue weighted by Gasteiger charge is 2.32. The molecule has 1 amide bonds. The standard InChI is InChI=1S/C24H32N4O4.HI/c1-2-25-24(28-10-13-32-22(17-28)21-9-5-12-31-21)27-15-18-6-3-7-19(14-18)23(29)26-16-20-8-4-11-30-20;/h3-4,6-8,11,14,21-22H,2,5,9-10,12-13,15-17H2,1H3,(H,25,27)(H,26,29);1H. The van der Waals surface area contributed by atoms with Gasteiger partial charge in [-0.25, -0.2) is 4.99 Å². The Bertz CT molecular complexity index is 900. The number of carbonyl (C=O) groups excluding carboxylic acids is 1. The Morgan fingerprint density at radius 1 is 1.15 bits per heavy atom. The number of nitrogens with zero attached hydrogens (tertiary/aromatic N) is 2. The van der Waals surface area contributed by atoms with Gasteiger partial charge in [-0.15, -0.1) is 24.0 Å². The number of halogens is 1. The van der Waals surface area contributed by atoms with E-state index in [2.05, 4.69) is 22.5 Å². The summed E-state index contributed by atoms with van der Waals surface area (Å²) >= 11 is 0. The number of guanidine groups is 1. The molecule has 0 bridgehead atoms. The molecule has 2 aromatic rings. The fourth-order valence-corrected chi connectivity index (χ4v) is 4.07. The topological polar surface area (TPSA) is 88.3 Å². The van der Waals surface area contributed by atoms with E-state index in [1.54, 1.807) is 12.3 Å². The summed E-state index contributed by atoms with van der Waals surface area (Å²) in [6.45, 7) is 6.76. The van der Waals surface area contributed by atoms with Crippen molar-refractivity contribution in [2.24, 2.45) is 4.99 Å². The van der Waals surface area contributed by atoms with Crippen molar-refractivity contribution in [3.05, 3.63) is 59.5 Å². The van der Waals surface area contributed by atoms with E-state index in [-0.39, 0.29) is 42.1 Å². The molecule has 9 heteroatoms. The lowest BCUT2D eigenvalue weighted by atomic mass is 10.1. The summed E-state index contributed by atoms with van der Waals surface area (Å²) in [7, 11) is 0. The van der Waals surface area contributed by atoms with E-state index in [0.29, 0.717) is 25.3 Å². The normalized spacial score (nSPS) is 20.9. The zero-order chi connectivity index (χ0) is 22.2. The van der Waals surface area contributed by atoms with Crippen LogP contribution in [0.4, 0.5) is 0 Å². The number of ether oxygens (including phenoxy) is 2. The minimum absolute atomic E-state index is 0. The lowest BCUT2D eigenvalue weighted by Crippen LogP contribution is -2.53. The van der Waals surface area contributed by atoms with Crippen LogP contribution in [0.2, 0.25) is 0 Å². The van der Waals surface area contributed by atoms with Crippen molar-refractivity contribution in [2.45, 2.75) is 45.1 Å². The first-order valence-electron chi connectivity index (χ1n) is 11.4. The Morgan fingerprint density at radius 2 is 2.03 bits per heavy atom. The number of nitrogens with one attached hydrogen (secondary N) is 2. The molecule has 0 aliphatic carbocycles. The van der Waals surface area contributed by atoms with Gasteiger partial charge in [0, 0.05) is 31.8 Å². The van der Waals surface area contributed by atoms with Gasteiger partial charge in [0.2, 0.25) is 0 Å². The molecule has 2 unspecified atom stereocenters. The van der Waals surface area contributed by atoms with Crippen molar-refractivity contribution >= 4 is 35.8 Å². The van der Waals surface area contributed by atoms with E-state index in [4.69, 9.17) is 18.9 Å². The molecule has 0 spiro atoms. The lowest BCUT2D eigenvalue weighted by molar-refractivity contribution is -0.0817. The molecule has 2 atom stereocenters. The molecule has 1 aromatic carbocycles. The molecule has 180 valence electrons. The van der Waals surface area contributed by atoms with Crippen LogP contribution in [0.5, 0.6) is 0 Å². The third-order valence-electron chi connectivity index (χ3n) is 5.71. The zero-order valence-electron chi connectivity index (χ0n) is 19.0. The minimum Gasteiger partial charge on any atom is -0.467 e. The second-order valence-electron chi connectivity index (χ2n) is 8.04. The number of morpholine rings is 1. The predicted molar refractivity (Wildman–Crippen MR) is 137 cm³/mol. The molecular formula is C24H33IN4O4. The maximum Gasteiger partial charge on any atom is 0.251 e. The molecule has 4 rings (SSSR count). The van der Waals surface area contributed by atoms with Crippen LogP contribution in [0.25, 0.3) is 0 Å². The fraction of sp³-hybridized carbons (Fsp3) is 0.500. The Labute approximate surface area is 212 Å². The van der Waals surface area contributed by atoms with Gasteiger partial charge >= 0.3 is 0 Å². The molecule has 3 heterocycles. The summed E-state index contributed by atoms with van der Waals surface area (Å²) < 4.78 is 17.1. The van der Waals surface area contributed by atoms with E-state index in [1.807, 2.05) is 30.3 Å². The van der Waals surface area contributed by atoms with Gasteiger partial charge in [-0.3, -0.25) is 4.79 Å². The second kappa shape index (κ2) is 13.0. The number of furan rings is 1. The maximum absolute atomic E-state index is 12.5. The van der Waals surface area contributed by atoms with Crippen molar-refractivity contribution < 1.29 is 18.7 Å². The molecule has 0 radical (unpaired) electrons. The molecule has 2 N–H and O–H groups in total. The van der Waals surface area contributed by atoms with Crippen molar-refractivity contribution in [2.75, 3.05) is 32.8 Å². The molecule has 2 aliphatic rings. The maximum atomic E-state index is 12.5. The lowest BCUT2D eigenvalue weighted by Gasteiger charge is -2.37. The van der Waals surface area contributed by atoms with Crippen LogP contribution in [-0.2, 0) is 22.6 Å². The monoisotopic (exact) mass is 568 g/mol. The number of carbonyl (C=O) groups is 1. The highest BCUT2D eigenvalue weighted by Crippen LogP contribution is 2.21. The smallest absolute Gasteiger partial charge is 0.251 e. The first-order valence-corrected chi connectivity index (χ1v) is 11.4. The van der Waals surface area contributed by atoms with E-state index in [1.165, 1.54) is 0 Å². The Hall–Kier alpha value is -2.11. The zero-order valence-corrected chi connectivity index (χ0v) is 21.3. The number of hydrogen-bond acceptors (Lipinski definition) is 5. The van der Waals surface area contributed by atoms with E-state index in [0.717, 1.165) is 56.4 Å². The summed E-state index contributed by atoms with van der Waals surface area (Å²) in [6, 6.07) is 11.2. The van der Waals surface area contributed by atoms with Crippen molar-refractivity contribution in [1.82, 2.24) is 15.5 Å². The summed E-state index contributed by atoms with van der Waals surface area (Å²) in [6.07, 6.45) is 4.01. The third kappa shape index (κ3) is 7.18. The van der Waals surface area contributed by atoms with E-state index >= 15 is 0 Å². The minimum atomic E-state index is -0.133. The van der Waals surface area contributed by atoms with Gasteiger partial charge in [-0.05, 0) is 49.6 Å². The average molecular weight is 568 g/mol. The highest BCUT2D eigenvalue weighted by molar-refractivity contribution is 14.0. The molecule has 0 saturated carbocycles. The van der Waals surface area contributed by atoms with Crippen molar-refractivity contribution in [3.63, 3.8) is 0 Å². The fourth-order valence-electron chi connectivity index (χ4n) is 4.07. The molecular weight excluding hydrogens is 535 g/mol. The number of rotatable bonds is 7. The van der Waals surface area contributed by atoms with Crippen LogP contribution in [0, 0.1) is 0 Å². The summed E-state index contributed by atoms with van der Waals surface area (Å²) in [5.41, 5.74) is 1.59. The van der Waals surface area contributed by atoms with Crippen LogP contribution >= 0.6 is 24.0 Å². The SMILES string of the molecule is CCNC(=NCc1cccc(C(=O)NCc2ccco2)c1)N1CCOC(C2CCCO2)C1.I. The van der Waals surface area contributed by atoms with Gasteiger partial charge in [0.25, 0.3) is 5.91 Å². The number of hydrogen-bond donors (Lipinski definition) is 2. The molecule has 2 aliphatic heterocycles. The van der Waals surface area contributed by atoms with Crippen LogP contribution < -0.4 is 10.6 Å². The van der Waals surface area contributed by atoms with Gasteiger partial charge < -0.3 is 29.4 Å². The molecule has 1 aromatic heterocycles. The quantitative estimate of drug-likeness (QED) is 0.303. The van der Waals surface area contributed by atoms with Gasteiger partial charge in [0.15, 0.2) is 5.96 Å². The second-order valence-corrected chi connectivity index (χ2v) is 8.04. The first-order chi connectivity index (χ1) is 15.7. The number of benzene rings is 1. The van der Waals surface area contributed by atoms with Crippen LogP contribution in [0.3, 0.4) is 0 Å². The third-order valence-corrected chi connectivity index (χ3v) is 5.71. The molecule has 33 heavy (non-hydrogen) atoms. The van der Waals surface area contributed by atoms with Gasteiger partial charge in [-0.1, -0.05) is 12.1 Å². The molecule has 8 nitrogen and oxygen atoms in total. The van der Waals surface area contributed by atoms with Gasteiger partial charge in [0.05, 0.1) is 32.1 Å². The molecule has 2 saturated heterocycles. The van der Waals surface area contributed by atoms with Crippen LogP contribution in [-0.4, -0.2) is 61.8 Å². The Morgan fingerprint density at radius 3 is 2.79 bits per heavy atom. The van der Waals surface area contributed by atoms with E-state index in [9.17, 15) is 4.79 Å². The number of aliphatic imine (C=N–C) groups is 1. The average Bonchev–Trinajstić information content (AvgIpc) is 3.55. The summed E-state index contributed by atoms with van der Waals surface area (Å²) in [5, 5.41) is 6.28. The first kappa shape index (κ1) is 25.5. The number of amides is 1.